The minimum absolute atomic E-state index is 0.0614. The highest BCUT2D eigenvalue weighted by Gasteiger charge is 2.15. The maximum Gasteiger partial charge on any atom is 0.284 e. The van der Waals surface area contributed by atoms with Crippen LogP contribution < -0.4 is 15.6 Å². The Morgan fingerprint density at radius 2 is 2.00 bits per heavy atom. The van der Waals surface area contributed by atoms with Crippen LogP contribution in [0.3, 0.4) is 0 Å². The summed E-state index contributed by atoms with van der Waals surface area (Å²) in [4.78, 5) is 29.3. The van der Waals surface area contributed by atoms with Crippen LogP contribution in [0.25, 0.3) is 16.9 Å². The third kappa shape index (κ3) is 4.01. The van der Waals surface area contributed by atoms with Crippen molar-refractivity contribution in [2.45, 2.75) is 13.5 Å². The van der Waals surface area contributed by atoms with Crippen molar-refractivity contribution in [1.82, 2.24) is 24.5 Å². The number of hydrogen-bond acceptors (Lipinski definition) is 6. The molecule has 2 aromatic heterocycles. The summed E-state index contributed by atoms with van der Waals surface area (Å²) >= 11 is 6.02. The summed E-state index contributed by atoms with van der Waals surface area (Å²) < 4.78 is 7.98. The van der Waals surface area contributed by atoms with Gasteiger partial charge in [-0.3, -0.25) is 14.2 Å². The van der Waals surface area contributed by atoms with Gasteiger partial charge in [0.15, 0.2) is 11.2 Å². The second-order valence-corrected chi connectivity index (χ2v) is 6.77. The molecular formula is C20H17ClN6O3. The van der Waals surface area contributed by atoms with E-state index < -0.39 is 5.56 Å². The van der Waals surface area contributed by atoms with Crippen molar-refractivity contribution < 1.29 is 9.53 Å². The van der Waals surface area contributed by atoms with Gasteiger partial charge in [-0.1, -0.05) is 22.9 Å². The number of aromatic nitrogens is 5. The van der Waals surface area contributed by atoms with E-state index in [1.54, 1.807) is 48.5 Å². The van der Waals surface area contributed by atoms with Crippen LogP contribution in [-0.4, -0.2) is 37.1 Å². The highest BCUT2D eigenvalue weighted by molar-refractivity contribution is 6.30. The molecule has 0 saturated carbocycles. The van der Waals surface area contributed by atoms with Crippen molar-refractivity contribution >= 4 is 34.4 Å². The molecule has 0 aliphatic carbocycles. The first-order valence-corrected chi connectivity index (χ1v) is 9.52. The van der Waals surface area contributed by atoms with Gasteiger partial charge in [0.05, 0.1) is 12.3 Å². The predicted octanol–water partition coefficient (Wildman–Crippen LogP) is 2.67. The van der Waals surface area contributed by atoms with E-state index in [-0.39, 0.29) is 23.6 Å². The molecule has 2 heterocycles. The molecule has 0 unspecified atom stereocenters. The number of amides is 1. The molecular weight excluding hydrogens is 408 g/mol. The van der Waals surface area contributed by atoms with Crippen molar-refractivity contribution in [3.63, 3.8) is 0 Å². The number of carbonyl (C=O) groups is 1. The minimum Gasteiger partial charge on any atom is -0.494 e. The van der Waals surface area contributed by atoms with Crippen LogP contribution in [0.4, 0.5) is 5.69 Å². The van der Waals surface area contributed by atoms with Crippen molar-refractivity contribution in [2.24, 2.45) is 0 Å². The first kappa shape index (κ1) is 19.6. The topological polar surface area (TPSA) is 104 Å². The predicted molar refractivity (Wildman–Crippen MR) is 112 cm³/mol. The summed E-state index contributed by atoms with van der Waals surface area (Å²) in [5.74, 6) is 0.341. The molecule has 0 bridgehead atoms. The maximum atomic E-state index is 12.7. The first-order chi connectivity index (χ1) is 14.5. The SMILES string of the molecule is CCOc1ccc(NC(=O)Cn2cnc3c(nnn3-c3cccc(Cl)c3)c2=O)cc1. The molecule has 0 aliphatic rings. The van der Waals surface area contributed by atoms with Crippen LogP contribution >= 0.6 is 11.6 Å². The van der Waals surface area contributed by atoms with Gasteiger partial charge in [0, 0.05) is 10.7 Å². The number of fused-ring (bicyclic) bond motifs is 1. The lowest BCUT2D eigenvalue weighted by atomic mass is 10.3. The second-order valence-electron chi connectivity index (χ2n) is 6.34. The number of carbonyl (C=O) groups excluding carboxylic acids is 1. The number of benzene rings is 2. The third-order valence-corrected chi connectivity index (χ3v) is 4.48. The van der Waals surface area contributed by atoms with Gasteiger partial charge in [-0.15, -0.1) is 5.10 Å². The molecule has 4 rings (SSSR count). The molecule has 0 spiro atoms. The number of nitrogens with one attached hydrogen (secondary N) is 1. The fourth-order valence-electron chi connectivity index (χ4n) is 2.89. The average molecular weight is 425 g/mol. The zero-order chi connectivity index (χ0) is 21.1. The molecule has 1 N–H and O–H groups in total. The summed E-state index contributed by atoms with van der Waals surface area (Å²) in [5.41, 5.74) is 1.10. The van der Waals surface area contributed by atoms with Gasteiger partial charge in [0.1, 0.15) is 18.6 Å². The Balaban J connectivity index is 1.54. The summed E-state index contributed by atoms with van der Waals surface area (Å²) in [6.07, 6.45) is 1.30. The standard InChI is InChI=1S/C20H17ClN6O3/c1-2-30-16-8-6-14(7-9-16)23-17(28)11-26-12-22-19-18(20(26)29)24-25-27(19)15-5-3-4-13(21)10-15/h3-10,12H,2,11H2,1H3,(H,23,28). The zero-order valence-corrected chi connectivity index (χ0v) is 16.7. The summed E-state index contributed by atoms with van der Waals surface area (Å²) in [6.45, 7) is 2.25. The summed E-state index contributed by atoms with van der Waals surface area (Å²) in [6, 6.07) is 13.9. The maximum absolute atomic E-state index is 12.7. The van der Waals surface area contributed by atoms with Crippen molar-refractivity contribution in [3.8, 4) is 11.4 Å². The first-order valence-electron chi connectivity index (χ1n) is 9.14. The van der Waals surface area contributed by atoms with Crippen LogP contribution in [0.2, 0.25) is 5.02 Å². The molecule has 9 nitrogen and oxygen atoms in total. The molecule has 0 saturated heterocycles. The fourth-order valence-corrected chi connectivity index (χ4v) is 3.08. The van der Waals surface area contributed by atoms with E-state index in [1.807, 2.05) is 6.92 Å². The molecule has 0 fully saturated rings. The van der Waals surface area contributed by atoms with Crippen LogP contribution in [0, 0.1) is 0 Å². The molecule has 0 aliphatic heterocycles. The van der Waals surface area contributed by atoms with Gasteiger partial charge in [-0.2, -0.15) is 4.68 Å². The van der Waals surface area contributed by atoms with E-state index >= 15 is 0 Å². The molecule has 30 heavy (non-hydrogen) atoms. The number of ether oxygens (including phenoxy) is 1. The zero-order valence-electron chi connectivity index (χ0n) is 15.9. The van der Waals surface area contributed by atoms with Crippen LogP contribution in [-0.2, 0) is 11.3 Å². The van der Waals surface area contributed by atoms with Gasteiger partial charge in [-0.05, 0) is 49.4 Å². The Labute approximate surface area is 175 Å². The van der Waals surface area contributed by atoms with E-state index in [9.17, 15) is 9.59 Å². The van der Waals surface area contributed by atoms with Crippen LogP contribution in [0.1, 0.15) is 6.92 Å². The second kappa shape index (κ2) is 8.34. The summed E-state index contributed by atoms with van der Waals surface area (Å²) in [5, 5.41) is 11.2. The van der Waals surface area contributed by atoms with Crippen LogP contribution in [0.5, 0.6) is 5.75 Å². The lowest BCUT2D eigenvalue weighted by Crippen LogP contribution is -2.28. The molecule has 10 heteroatoms. The number of halogens is 1. The average Bonchev–Trinajstić information content (AvgIpc) is 3.17. The van der Waals surface area contributed by atoms with E-state index in [2.05, 4.69) is 20.6 Å². The van der Waals surface area contributed by atoms with Crippen molar-refractivity contribution in [2.75, 3.05) is 11.9 Å². The molecule has 1 amide bonds. The summed E-state index contributed by atoms with van der Waals surface area (Å²) in [7, 11) is 0. The quantitative estimate of drug-likeness (QED) is 0.510. The van der Waals surface area contributed by atoms with E-state index in [4.69, 9.17) is 16.3 Å². The Morgan fingerprint density at radius 3 is 2.73 bits per heavy atom. The Kier molecular flexibility index (Phi) is 5.44. The minimum atomic E-state index is -0.463. The van der Waals surface area contributed by atoms with Gasteiger partial charge >= 0.3 is 0 Å². The normalized spacial score (nSPS) is 10.9. The number of nitrogens with zero attached hydrogens (tertiary/aromatic N) is 5. The van der Waals surface area contributed by atoms with Gasteiger partial charge in [-0.25, -0.2) is 4.98 Å². The van der Waals surface area contributed by atoms with Gasteiger partial charge in [0.2, 0.25) is 5.91 Å². The smallest absolute Gasteiger partial charge is 0.284 e. The van der Waals surface area contributed by atoms with E-state index in [0.29, 0.717) is 28.8 Å². The lowest BCUT2D eigenvalue weighted by Gasteiger charge is -2.08. The molecule has 4 aromatic rings. The lowest BCUT2D eigenvalue weighted by molar-refractivity contribution is -0.116. The monoisotopic (exact) mass is 424 g/mol. The molecule has 152 valence electrons. The van der Waals surface area contributed by atoms with Gasteiger partial charge in [0.25, 0.3) is 5.56 Å². The fraction of sp³-hybridized carbons (Fsp3) is 0.150. The Hall–Kier alpha value is -3.72. The largest absolute Gasteiger partial charge is 0.494 e. The highest BCUT2D eigenvalue weighted by Crippen LogP contribution is 2.17. The number of rotatable bonds is 6. The van der Waals surface area contributed by atoms with Crippen LogP contribution in [0.15, 0.2) is 59.7 Å². The highest BCUT2D eigenvalue weighted by atomic mass is 35.5. The number of anilines is 1. The third-order valence-electron chi connectivity index (χ3n) is 4.25. The van der Waals surface area contributed by atoms with E-state index in [1.165, 1.54) is 15.6 Å². The number of hydrogen-bond donors (Lipinski definition) is 1. The molecule has 2 aromatic carbocycles. The van der Waals surface area contributed by atoms with E-state index in [0.717, 1.165) is 0 Å². The van der Waals surface area contributed by atoms with Crippen molar-refractivity contribution in [1.29, 1.82) is 0 Å². The van der Waals surface area contributed by atoms with Gasteiger partial charge < -0.3 is 10.1 Å². The molecule has 0 atom stereocenters. The molecule has 0 radical (unpaired) electrons. The van der Waals surface area contributed by atoms with Crippen molar-refractivity contribution in [3.05, 3.63) is 70.2 Å². The Bertz CT molecular complexity index is 1270. The Morgan fingerprint density at radius 1 is 1.20 bits per heavy atom.